The van der Waals surface area contributed by atoms with E-state index in [-0.39, 0.29) is 5.57 Å². The van der Waals surface area contributed by atoms with Gasteiger partial charge in [-0.05, 0) is 66.6 Å². The monoisotopic (exact) mass is 552 g/mol. The number of amides is 1. The molecule has 1 N–H and O–H groups in total. The second-order valence-corrected chi connectivity index (χ2v) is 9.29. The van der Waals surface area contributed by atoms with Crippen LogP contribution >= 0.6 is 15.9 Å². The van der Waals surface area contributed by atoms with Crippen LogP contribution in [0.15, 0.2) is 107 Å². The molecule has 5 nitrogen and oxygen atoms in total. The number of halogens is 1. The molecule has 1 amide bonds. The fraction of sp³-hybridized carbons (Fsp3) is 0.0968. The van der Waals surface area contributed by atoms with Crippen molar-refractivity contribution in [2.45, 2.75) is 20.1 Å². The molecule has 0 heterocycles. The van der Waals surface area contributed by atoms with Gasteiger partial charge in [-0.1, -0.05) is 76.1 Å². The Labute approximate surface area is 225 Å². The summed E-state index contributed by atoms with van der Waals surface area (Å²) in [6.45, 7) is 2.85. The number of ether oxygens (including phenoxy) is 2. The molecule has 37 heavy (non-hydrogen) atoms. The number of nitrogens with zero attached hydrogens (tertiary/aromatic N) is 1. The molecule has 0 spiro atoms. The molecular weight excluding hydrogens is 528 g/mol. The quantitative estimate of drug-likeness (QED) is 0.173. The standard InChI is InChI=1S/C31H25BrN2O3/c1-22-5-4-6-24(17-22)21-37-30-8-3-2-7-25(30)18-26(19-33)31(35)34-28-13-15-29(16-14-28)36-20-23-9-11-27(32)12-10-23/h2-18H,20-21H2,1H3,(H,34,35)/b26-18+. The fourth-order valence-corrected chi connectivity index (χ4v) is 3.84. The molecule has 0 fully saturated rings. The second kappa shape index (κ2) is 12.6. The van der Waals surface area contributed by atoms with Gasteiger partial charge in [-0.2, -0.15) is 5.26 Å². The highest BCUT2D eigenvalue weighted by Gasteiger charge is 2.12. The van der Waals surface area contributed by atoms with E-state index in [4.69, 9.17) is 9.47 Å². The molecule has 0 aliphatic carbocycles. The van der Waals surface area contributed by atoms with Gasteiger partial charge in [0.05, 0.1) is 0 Å². The molecular formula is C31H25BrN2O3. The molecule has 0 bridgehead atoms. The minimum absolute atomic E-state index is 0.0258. The Morgan fingerprint density at radius 2 is 1.62 bits per heavy atom. The largest absolute Gasteiger partial charge is 0.489 e. The van der Waals surface area contributed by atoms with Gasteiger partial charge in [0, 0.05) is 15.7 Å². The number of aryl methyl sites for hydroxylation is 1. The van der Waals surface area contributed by atoms with E-state index >= 15 is 0 Å². The van der Waals surface area contributed by atoms with Gasteiger partial charge in [-0.3, -0.25) is 4.79 Å². The van der Waals surface area contributed by atoms with Crippen molar-refractivity contribution in [1.29, 1.82) is 5.26 Å². The van der Waals surface area contributed by atoms with Gasteiger partial charge in [-0.25, -0.2) is 0 Å². The Morgan fingerprint density at radius 3 is 2.35 bits per heavy atom. The van der Waals surface area contributed by atoms with E-state index in [1.165, 1.54) is 6.08 Å². The lowest BCUT2D eigenvalue weighted by Gasteiger charge is -2.11. The number of carbonyl (C=O) groups excluding carboxylic acids is 1. The van der Waals surface area contributed by atoms with Crippen molar-refractivity contribution in [2.75, 3.05) is 5.32 Å². The molecule has 0 unspecified atom stereocenters. The van der Waals surface area contributed by atoms with E-state index in [2.05, 4.69) is 27.3 Å². The molecule has 0 aliphatic rings. The van der Waals surface area contributed by atoms with Crippen LogP contribution in [-0.2, 0) is 18.0 Å². The lowest BCUT2D eigenvalue weighted by atomic mass is 10.1. The van der Waals surface area contributed by atoms with Gasteiger partial charge >= 0.3 is 0 Å². The number of anilines is 1. The third kappa shape index (κ3) is 7.57. The molecule has 0 aliphatic heterocycles. The van der Waals surface area contributed by atoms with Gasteiger partial charge in [0.25, 0.3) is 5.91 Å². The van der Waals surface area contributed by atoms with Gasteiger partial charge < -0.3 is 14.8 Å². The van der Waals surface area contributed by atoms with Crippen LogP contribution in [0.2, 0.25) is 0 Å². The summed E-state index contributed by atoms with van der Waals surface area (Å²) in [4.78, 5) is 12.8. The van der Waals surface area contributed by atoms with Crippen LogP contribution in [0.25, 0.3) is 6.08 Å². The van der Waals surface area contributed by atoms with E-state index in [0.29, 0.717) is 36.0 Å². The molecule has 4 rings (SSSR count). The van der Waals surface area contributed by atoms with Crippen molar-refractivity contribution in [1.82, 2.24) is 0 Å². The van der Waals surface area contributed by atoms with Crippen molar-refractivity contribution in [2.24, 2.45) is 0 Å². The number of rotatable bonds is 9. The van der Waals surface area contributed by atoms with Crippen LogP contribution < -0.4 is 14.8 Å². The van der Waals surface area contributed by atoms with Crippen LogP contribution in [0.4, 0.5) is 5.69 Å². The van der Waals surface area contributed by atoms with Crippen LogP contribution in [-0.4, -0.2) is 5.91 Å². The summed E-state index contributed by atoms with van der Waals surface area (Å²) in [6, 6.07) is 32.3. The molecule has 0 aromatic heterocycles. The number of nitrogens with one attached hydrogen (secondary N) is 1. The highest BCUT2D eigenvalue weighted by atomic mass is 79.9. The zero-order chi connectivity index (χ0) is 26.0. The van der Waals surface area contributed by atoms with E-state index in [1.54, 1.807) is 24.3 Å². The maximum Gasteiger partial charge on any atom is 0.266 e. The summed E-state index contributed by atoms with van der Waals surface area (Å²) in [5, 5.41) is 12.4. The van der Waals surface area contributed by atoms with Crippen molar-refractivity contribution >= 4 is 33.6 Å². The zero-order valence-corrected chi connectivity index (χ0v) is 21.9. The SMILES string of the molecule is Cc1cccc(COc2ccccc2/C=C(\C#N)C(=O)Nc2ccc(OCc3ccc(Br)cc3)cc2)c1. The molecule has 4 aromatic rings. The smallest absolute Gasteiger partial charge is 0.266 e. The van der Waals surface area contributed by atoms with Crippen molar-refractivity contribution in [3.8, 4) is 17.6 Å². The maximum absolute atomic E-state index is 12.8. The van der Waals surface area contributed by atoms with E-state index < -0.39 is 5.91 Å². The number of nitriles is 1. The van der Waals surface area contributed by atoms with E-state index in [0.717, 1.165) is 21.2 Å². The molecule has 0 atom stereocenters. The molecule has 0 saturated heterocycles. The van der Waals surface area contributed by atoms with Gasteiger partial charge in [0.1, 0.15) is 36.4 Å². The number of para-hydroxylation sites is 1. The minimum atomic E-state index is -0.500. The summed E-state index contributed by atoms with van der Waals surface area (Å²) in [5.41, 5.74) is 4.43. The van der Waals surface area contributed by atoms with E-state index in [1.807, 2.05) is 79.7 Å². The van der Waals surface area contributed by atoms with Gasteiger partial charge in [0.2, 0.25) is 0 Å². The maximum atomic E-state index is 12.8. The Morgan fingerprint density at radius 1 is 0.892 bits per heavy atom. The summed E-state index contributed by atoms with van der Waals surface area (Å²) in [6.07, 6.45) is 1.54. The van der Waals surface area contributed by atoms with Crippen molar-refractivity contribution < 1.29 is 14.3 Å². The lowest BCUT2D eigenvalue weighted by molar-refractivity contribution is -0.112. The average molecular weight is 553 g/mol. The summed E-state index contributed by atoms with van der Waals surface area (Å²) < 4.78 is 12.8. The normalized spacial score (nSPS) is 10.9. The van der Waals surface area contributed by atoms with Crippen LogP contribution in [0.1, 0.15) is 22.3 Å². The number of hydrogen-bond acceptors (Lipinski definition) is 4. The highest BCUT2D eigenvalue weighted by Crippen LogP contribution is 2.23. The predicted octanol–water partition coefficient (Wildman–Crippen LogP) is 7.46. The molecule has 0 saturated carbocycles. The lowest BCUT2D eigenvalue weighted by Crippen LogP contribution is -2.13. The second-order valence-electron chi connectivity index (χ2n) is 8.38. The first-order chi connectivity index (χ1) is 18.0. The Hall–Kier alpha value is -4.34. The average Bonchev–Trinajstić information content (AvgIpc) is 2.91. The fourth-order valence-electron chi connectivity index (χ4n) is 3.58. The molecule has 6 heteroatoms. The first-order valence-corrected chi connectivity index (χ1v) is 12.5. The Bertz CT molecular complexity index is 1440. The van der Waals surface area contributed by atoms with E-state index in [9.17, 15) is 10.1 Å². The van der Waals surface area contributed by atoms with Crippen LogP contribution in [0.5, 0.6) is 11.5 Å². The molecule has 184 valence electrons. The zero-order valence-electron chi connectivity index (χ0n) is 20.3. The van der Waals surface area contributed by atoms with Crippen LogP contribution in [0, 0.1) is 18.3 Å². The van der Waals surface area contributed by atoms with Crippen molar-refractivity contribution in [3.63, 3.8) is 0 Å². The number of hydrogen-bond donors (Lipinski definition) is 1. The summed E-state index contributed by atoms with van der Waals surface area (Å²) in [5.74, 6) is 0.771. The first kappa shape index (κ1) is 25.7. The Kier molecular flexibility index (Phi) is 8.75. The summed E-state index contributed by atoms with van der Waals surface area (Å²) in [7, 11) is 0. The third-order valence-electron chi connectivity index (χ3n) is 5.49. The number of benzene rings is 4. The highest BCUT2D eigenvalue weighted by molar-refractivity contribution is 9.10. The van der Waals surface area contributed by atoms with Gasteiger partial charge in [0.15, 0.2) is 0 Å². The predicted molar refractivity (Wildman–Crippen MR) is 149 cm³/mol. The molecule has 4 aromatic carbocycles. The number of carbonyl (C=O) groups is 1. The Balaban J connectivity index is 1.39. The molecule has 0 radical (unpaired) electrons. The summed E-state index contributed by atoms with van der Waals surface area (Å²) >= 11 is 3.42. The minimum Gasteiger partial charge on any atom is -0.489 e. The topological polar surface area (TPSA) is 71.3 Å². The van der Waals surface area contributed by atoms with Crippen LogP contribution in [0.3, 0.4) is 0 Å². The van der Waals surface area contributed by atoms with Crippen molar-refractivity contribution in [3.05, 3.63) is 129 Å². The third-order valence-corrected chi connectivity index (χ3v) is 6.02. The van der Waals surface area contributed by atoms with Gasteiger partial charge in [-0.15, -0.1) is 0 Å². The first-order valence-electron chi connectivity index (χ1n) is 11.7.